The molecule has 17 nitrogen and oxygen atoms in total. The Morgan fingerprint density at radius 2 is 1.53 bits per heavy atom. The first-order valence-corrected chi connectivity index (χ1v) is 18.0. The number of halogens is 3. The maximum atomic E-state index is 13.0. The normalized spacial score (nSPS) is 13.7. The van der Waals surface area contributed by atoms with E-state index in [2.05, 4.69) is 21.4 Å². The van der Waals surface area contributed by atoms with Crippen molar-refractivity contribution in [1.82, 2.24) is 20.5 Å². The number of aryl methyl sites for hydroxylation is 1. The fourth-order valence-electron chi connectivity index (χ4n) is 5.83. The molecule has 59 heavy (non-hydrogen) atoms. The van der Waals surface area contributed by atoms with Crippen LogP contribution in [0.4, 0.5) is 18.0 Å². The fourth-order valence-corrected chi connectivity index (χ4v) is 5.83. The van der Waals surface area contributed by atoms with Crippen LogP contribution < -0.4 is 21.5 Å². The van der Waals surface area contributed by atoms with Crippen LogP contribution in [0.15, 0.2) is 77.2 Å². The highest BCUT2D eigenvalue weighted by Crippen LogP contribution is 2.24. The van der Waals surface area contributed by atoms with E-state index in [1.54, 1.807) is 66.7 Å². The smallest absolute Gasteiger partial charge is 0.430 e. The van der Waals surface area contributed by atoms with Crippen LogP contribution in [0.1, 0.15) is 63.4 Å². The Labute approximate surface area is 333 Å². The molecule has 0 aliphatic carbocycles. The number of benzene rings is 3. The minimum absolute atomic E-state index is 0.0229. The Balaban J connectivity index is 0.00000101. The molecule has 1 aliphatic heterocycles. The lowest BCUT2D eigenvalue weighted by molar-refractivity contribution is -0.405. The van der Waals surface area contributed by atoms with Gasteiger partial charge in [-0.15, -0.1) is 0 Å². The second kappa shape index (κ2) is 20.5. The summed E-state index contributed by atoms with van der Waals surface area (Å²) in [4.78, 5) is 89.7. The highest BCUT2D eigenvalue weighted by molar-refractivity contribution is 6.21. The Kier molecular flexibility index (Phi) is 15.6. The number of hydrogen-bond acceptors (Lipinski definition) is 12. The van der Waals surface area contributed by atoms with Gasteiger partial charge < -0.3 is 45.3 Å². The van der Waals surface area contributed by atoms with Crippen molar-refractivity contribution in [2.75, 3.05) is 13.7 Å². The molecule has 1 aromatic heterocycles. The molecule has 0 saturated heterocycles. The number of carbonyl (C=O) groups excluding carboxylic acids is 6. The second-order valence-electron chi connectivity index (χ2n) is 13.1. The van der Waals surface area contributed by atoms with Crippen molar-refractivity contribution in [1.29, 1.82) is 0 Å². The van der Waals surface area contributed by atoms with E-state index in [1.807, 2.05) is 6.07 Å². The van der Waals surface area contributed by atoms with Crippen LogP contribution in [0.5, 0.6) is 0 Å². The molecule has 0 radical (unpaired) electrons. The van der Waals surface area contributed by atoms with E-state index in [9.17, 15) is 47.0 Å². The molecule has 3 atom stereocenters. The first-order chi connectivity index (χ1) is 28.0. The first kappa shape index (κ1) is 44.9. The van der Waals surface area contributed by atoms with Crippen molar-refractivity contribution < 1.29 is 76.6 Å². The number of rotatable bonds is 17. The van der Waals surface area contributed by atoms with Gasteiger partial charge >= 0.3 is 24.2 Å². The Bertz CT molecular complexity index is 2130. The molecule has 3 aromatic carbocycles. The van der Waals surface area contributed by atoms with Crippen molar-refractivity contribution in [3.63, 3.8) is 0 Å². The van der Waals surface area contributed by atoms with Crippen LogP contribution in [0.3, 0.4) is 0 Å². The number of alkyl carbamates (subject to hydrolysis) is 1. The van der Waals surface area contributed by atoms with Crippen molar-refractivity contribution in [2.45, 2.75) is 69.4 Å². The number of hydrogen-bond donors (Lipinski definition) is 4. The molecule has 314 valence electrons. The highest BCUT2D eigenvalue weighted by Gasteiger charge is 2.35. The van der Waals surface area contributed by atoms with Gasteiger partial charge in [0.1, 0.15) is 30.2 Å². The van der Waals surface area contributed by atoms with Gasteiger partial charge in [0, 0.05) is 25.8 Å². The lowest BCUT2D eigenvalue weighted by Crippen LogP contribution is -2.68. The molecular formula is C39H40F3N5O12. The molecular weight excluding hydrogens is 787 g/mol. The minimum atomic E-state index is -5.19. The third kappa shape index (κ3) is 12.6. The number of oxazole rings is 1. The topological polar surface area (TPSA) is 262 Å². The molecule has 2 heterocycles. The van der Waals surface area contributed by atoms with Gasteiger partial charge in [0.25, 0.3) is 17.7 Å². The monoisotopic (exact) mass is 827 g/mol. The van der Waals surface area contributed by atoms with E-state index in [4.69, 9.17) is 23.8 Å². The van der Waals surface area contributed by atoms with E-state index in [0.29, 0.717) is 47.1 Å². The van der Waals surface area contributed by atoms with Gasteiger partial charge in [-0.1, -0.05) is 54.6 Å². The van der Waals surface area contributed by atoms with Crippen molar-refractivity contribution in [3.8, 4) is 0 Å². The Hall–Kier alpha value is -6.83. The second-order valence-corrected chi connectivity index (χ2v) is 13.1. The Morgan fingerprint density at radius 1 is 0.898 bits per heavy atom. The van der Waals surface area contributed by atoms with Gasteiger partial charge in [-0.2, -0.15) is 13.2 Å². The number of unbranched alkanes of at least 4 members (excludes halogenated alkanes) is 1. The molecule has 1 aliphatic rings. The zero-order valence-electron chi connectivity index (χ0n) is 31.5. The summed E-state index contributed by atoms with van der Waals surface area (Å²) in [5.74, 6) is -5.83. The van der Waals surface area contributed by atoms with Crippen molar-refractivity contribution in [3.05, 3.63) is 101 Å². The van der Waals surface area contributed by atoms with Gasteiger partial charge in [0.2, 0.25) is 0 Å². The average Bonchev–Trinajstić information content (AvgIpc) is 3.74. The number of esters is 1. The summed E-state index contributed by atoms with van der Waals surface area (Å²) < 4.78 is 47.5. The lowest BCUT2D eigenvalue weighted by atomic mass is 10.0. The van der Waals surface area contributed by atoms with Crippen molar-refractivity contribution >= 4 is 52.8 Å². The number of imide groups is 1. The van der Waals surface area contributed by atoms with E-state index >= 15 is 0 Å². The number of carbonyl (C=O) groups is 7. The fraction of sp³-hybridized carbons (Fsp3) is 0.333. The number of amides is 4. The predicted molar refractivity (Wildman–Crippen MR) is 195 cm³/mol. The van der Waals surface area contributed by atoms with E-state index in [1.165, 1.54) is 12.0 Å². The zero-order chi connectivity index (χ0) is 43.3. The molecule has 0 unspecified atom stereocenters. The van der Waals surface area contributed by atoms with Crippen molar-refractivity contribution in [2.24, 2.45) is 0 Å². The third-order valence-electron chi connectivity index (χ3n) is 8.89. The van der Waals surface area contributed by atoms with Crippen LogP contribution >= 0.6 is 0 Å². The number of ether oxygens (including phenoxy) is 2. The maximum Gasteiger partial charge on any atom is 0.430 e. The molecule has 0 fully saturated rings. The largest absolute Gasteiger partial charge is 0.542 e. The molecule has 0 saturated carbocycles. The number of alkyl halides is 3. The Morgan fingerprint density at radius 3 is 2.12 bits per heavy atom. The molecule has 4 amide bonds. The molecule has 0 spiro atoms. The average molecular weight is 828 g/mol. The number of nitrogens with one attached hydrogen (secondary N) is 2. The number of aromatic nitrogens is 1. The first-order valence-electron chi connectivity index (χ1n) is 18.0. The van der Waals surface area contributed by atoms with Crippen LogP contribution in [0.2, 0.25) is 0 Å². The predicted octanol–water partition coefficient (Wildman–Crippen LogP) is 1.72. The van der Waals surface area contributed by atoms with Crippen LogP contribution in [-0.2, 0) is 48.1 Å². The third-order valence-corrected chi connectivity index (χ3v) is 8.89. The van der Waals surface area contributed by atoms with Crippen LogP contribution in [-0.4, -0.2) is 94.7 Å². The maximum absolute atomic E-state index is 13.0. The summed E-state index contributed by atoms with van der Waals surface area (Å²) in [6.45, 7) is 0.192. The lowest BCUT2D eigenvalue weighted by Gasteiger charge is -2.18. The number of methoxy groups -OCH3 is 1. The number of fused-ring (bicyclic) bond motifs is 2. The molecule has 4 aromatic rings. The number of quaternary nitrogens is 1. The summed E-state index contributed by atoms with van der Waals surface area (Å²) in [6, 6.07) is 17.6. The summed E-state index contributed by atoms with van der Waals surface area (Å²) >= 11 is 0. The number of carboxylic acids is 2. The zero-order valence-corrected chi connectivity index (χ0v) is 31.5. The molecule has 6 N–H and O–H groups in total. The number of para-hydroxylation sites is 1. The van der Waals surface area contributed by atoms with Gasteiger partial charge in [-0.3, -0.25) is 19.3 Å². The SMILES string of the molecule is COC(=O)[C@H](CCc1nc2c(C[C@H](NC(=O)OCc3ccccc3)C(=O)O)cccc2o1)NC(=O)[C@@H]([NH3+])CCCCN1C(=O)c2ccccc2C1=O.O=C([O-])C(F)(F)F. The number of nitrogens with zero attached hydrogens (tertiary/aromatic N) is 2. The van der Waals surface area contributed by atoms with Gasteiger partial charge in [-0.25, -0.2) is 19.4 Å². The molecule has 5 rings (SSSR count). The summed E-state index contributed by atoms with van der Waals surface area (Å²) in [7, 11) is 1.21. The molecule has 20 heteroatoms. The summed E-state index contributed by atoms with van der Waals surface area (Å²) in [6.07, 6.45) is -4.63. The summed E-state index contributed by atoms with van der Waals surface area (Å²) in [5.41, 5.74) is 6.71. The quantitative estimate of drug-likeness (QED) is 0.0672. The summed E-state index contributed by atoms with van der Waals surface area (Å²) in [5, 5.41) is 23.7. The number of aliphatic carboxylic acids is 2. The van der Waals surface area contributed by atoms with E-state index in [-0.39, 0.29) is 50.1 Å². The van der Waals surface area contributed by atoms with Gasteiger partial charge in [0.05, 0.1) is 18.2 Å². The van der Waals surface area contributed by atoms with Gasteiger partial charge in [-0.05, 0) is 48.6 Å². The standard InChI is InChI=1S/C37H39N5O10.C2HF3O2/c1-50-36(48)27(39-32(43)26(38)15-7-8-19-42-33(44)24-13-5-6-14-25(24)34(42)45)17-18-30-41-31-23(12-9-16-29(31)52-30)20-28(35(46)47)40-37(49)51-21-22-10-3-2-4-11-22;3-2(4,5)1(6)7/h2-6,9-14,16,26-28H,7-8,15,17-21,38H2,1H3,(H,39,43)(H,40,49)(H,46,47);(H,6,7)/t26-,27-,28-;/m0./s1. The van der Waals surface area contributed by atoms with Gasteiger partial charge in [0.15, 0.2) is 17.5 Å². The van der Waals surface area contributed by atoms with Crippen LogP contribution in [0.25, 0.3) is 11.1 Å². The van der Waals surface area contributed by atoms with Crippen LogP contribution in [0, 0.1) is 0 Å². The minimum Gasteiger partial charge on any atom is -0.542 e. The highest BCUT2D eigenvalue weighted by atomic mass is 19.4. The number of carboxylic acid groups (broad SMARTS) is 2. The van der Waals surface area contributed by atoms with E-state index < -0.39 is 54.2 Å². The van der Waals surface area contributed by atoms with E-state index in [0.717, 1.165) is 5.56 Å². The molecule has 0 bridgehead atoms.